The third-order valence-electron chi connectivity index (χ3n) is 4.88. The molecule has 5 nitrogen and oxygen atoms in total. The van der Waals surface area contributed by atoms with Crippen molar-refractivity contribution in [1.82, 2.24) is 14.7 Å². The highest BCUT2D eigenvalue weighted by Crippen LogP contribution is 2.15. The molecule has 0 aliphatic rings. The number of hydrogen-bond donors (Lipinski definition) is 1. The number of nitrogens with one attached hydrogen (secondary N) is 1. The molecule has 0 spiro atoms. The molecule has 0 unspecified atom stereocenters. The number of rotatable bonds is 4. The van der Waals surface area contributed by atoms with Gasteiger partial charge in [-0.1, -0.05) is 50.2 Å². The molecule has 1 amide bonds. The first kappa shape index (κ1) is 17.9. The SMILES string of the molecule is CC(C)c1ccc(CNC(=O)c2ccc3nc4ccccc4c(=O)n3c2)cc1. The van der Waals surface area contributed by atoms with Gasteiger partial charge in [0.15, 0.2) is 0 Å². The van der Waals surface area contributed by atoms with Crippen molar-refractivity contribution < 1.29 is 4.79 Å². The number of para-hydroxylation sites is 1. The van der Waals surface area contributed by atoms with Crippen molar-refractivity contribution in [3.05, 3.63) is 93.9 Å². The molecular weight excluding hydrogens is 350 g/mol. The lowest BCUT2D eigenvalue weighted by Gasteiger charge is -2.09. The van der Waals surface area contributed by atoms with Crippen LogP contribution in [0.2, 0.25) is 0 Å². The molecule has 0 atom stereocenters. The molecule has 4 rings (SSSR count). The zero-order chi connectivity index (χ0) is 19.7. The fraction of sp³-hybridized carbons (Fsp3) is 0.174. The Labute approximate surface area is 162 Å². The second-order valence-electron chi connectivity index (χ2n) is 7.16. The Kier molecular flexibility index (Phi) is 4.65. The van der Waals surface area contributed by atoms with Crippen molar-refractivity contribution in [2.24, 2.45) is 0 Å². The van der Waals surface area contributed by atoms with Gasteiger partial charge in [-0.3, -0.25) is 14.0 Å². The Morgan fingerprint density at radius 3 is 2.54 bits per heavy atom. The summed E-state index contributed by atoms with van der Waals surface area (Å²) < 4.78 is 1.43. The van der Waals surface area contributed by atoms with E-state index in [1.165, 1.54) is 9.96 Å². The van der Waals surface area contributed by atoms with E-state index in [0.29, 0.717) is 34.6 Å². The molecular formula is C23H21N3O2. The summed E-state index contributed by atoms with van der Waals surface area (Å²) in [4.78, 5) is 29.8. The van der Waals surface area contributed by atoms with Crippen LogP contribution in [0.25, 0.3) is 16.6 Å². The Bertz CT molecular complexity index is 1220. The summed E-state index contributed by atoms with van der Waals surface area (Å²) in [7, 11) is 0. The number of pyridine rings is 1. The molecule has 2 aromatic heterocycles. The Morgan fingerprint density at radius 2 is 1.79 bits per heavy atom. The number of carbonyl (C=O) groups excluding carboxylic acids is 1. The Morgan fingerprint density at radius 1 is 1.04 bits per heavy atom. The molecule has 0 aliphatic carbocycles. The molecule has 0 radical (unpaired) electrons. The van der Waals surface area contributed by atoms with Crippen molar-refractivity contribution in [2.75, 3.05) is 0 Å². The first-order chi connectivity index (χ1) is 13.5. The number of nitrogens with zero attached hydrogens (tertiary/aromatic N) is 2. The van der Waals surface area contributed by atoms with Gasteiger partial charge >= 0.3 is 0 Å². The van der Waals surface area contributed by atoms with Gasteiger partial charge in [-0.25, -0.2) is 4.98 Å². The number of fused-ring (bicyclic) bond motifs is 2. The zero-order valence-corrected chi connectivity index (χ0v) is 15.8. The zero-order valence-electron chi connectivity index (χ0n) is 15.8. The third kappa shape index (κ3) is 3.39. The van der Waals surface area contributed by atoms with Crippen LogP contribution in [0.3, 0.4) is 0 Å². The quantitative estimate of drug-likeness (QED) is 0.554. The molecule has 0 aliphatic heterocycles. The van der Waals surface area contributed by atoms with Gasteiger partial charge in [0.1, 0.15) is 5.65 Å². The highest BCUT2D eigenvalue weighted by Gasteiger charge is 2.10. The number of amides is 1. The predicted octanol–water partition coefficient (Wildman–Crippen LogP) is 3.90. The molecule has 0 saturated carbocycles. The van der Waals surface area contributed by atoms with Crippen LogP contribution in [0.1, 0.15) is 41.3 Å². The van der Waals surface area contributed by atoms with Gasteiger partial charge in [-0.15, -0.1) is 0 Å². The van der Waals surface area contributed by atoms with E-state index in [1.807, 2.05) is 24.3 Å². The Balaban J connectivity index is 1.58. The van der Waals surface area contributed by atoms with E-state index >= 15 is 0 Å². The second-order valence-corrected chi connectivity index (χ2v) is 7.16. The normalized spacial score (nSPS) is 11.2. The van der Waals surface area contributed by atoms with Crippen LogP contribution < -0.4 is 10.9 Å². The average molecular weight is 371 g/mol. The molecule has 140 valence electrons. The van der Waals surface area contributed by atoms with Gasteiger partial charge in [-0.05, 0) is 41.3 Å². The van der Waals surface area contributed by atoms with Gasteiger partial charge in [-0.2, -0.15) is 0 Å². The minimum Gasteiger partial charge on any atom is -0.348 e. The predicted molar refractivity (Wildman–Crippen MR) is 111 cm³/mol. The summed E-state index contributed by atoms with van der Waals surface area (Å²) in [5, 5.41) is 3.44. The second kappa shape index (κ2) is 7.27. The minimum absolute atomic E-state index is 0.181. The number of aromatic nitrogens is 2. The fourth-order valence-corrected chi connectivity index (χ4v) is 3.19. The lowest BCUT2D eigenvalue weighted by Crippen LogP contribution is -2.24. The highest BCUT2D eigenvalue weighted by atomic mass is 16.1. The van der Waals surface area contributed by atoms with Gasteiger partial charge in [0.05, 0.1) is 16.5 Å². The average Bonchev–Trinajstić information content (AvgIpc) is 2.72. The highest BCUT2D eigenvalue weighted by molar-refractivity contribution is 5.94. The monoisotopic (exact) mass is 371 g/mol. The van der Waals surface area contributed by atoms with E-state index in [9.17, 15) is 9.59 Å². The first-order valence-corrected chi connectivity index (χ1v) is 9.31. The van der Waals surface area contributed by atoms with Crippen LogP contribution in [0.5, 0.6) is 0 Å². The molecule has 0 fully saturated rings. The summed E-state index contributed by atoms with van der Waals surface area (Å²) in [5.74, 6) is 0.249. The lowest BCUT2D eigenvalue weighted by molar-refractivity contribution is 0.0950. The van der Waals surface area contributed by atoms with E-state index < -0.39 is 0 Å². The van der Waals surface area contributed by atoms with Gasteiger partial charge in [0.25, 0.3) is 11.5 Å². The number of carbonyl (C=O) groups is 1. The molecule has 0 bridgehead atoms. The number of benzene rings is 2. The maximum atomic E-state index is 12.7. The van der Waals surface area contributed by atoms with Crippen molar-refractivity contribution in [3.8, 4) is 0 Å². The van der Waals surface area contributed by atoms with E-state index in [2.05, 4.69) is 36.3 Å². The van der Waals surface area contributed by atoms with E-state index in [0.717, 1.165) is 5.56 Å². The molecule has 0 saturated heterocycles. The lowest BCUT2D eigenvalue weighted by atomic mass is 10.0. The summed E-state index contributed by atoms with van der Waals surface area (Å²) in [6.45, 7) is 4.73. The van der Waals surface area contributed by atoms with Crippen molar-refractivity contribution >= 4 is 22.5 Å². The van der Waals surface area contributed by atoms with Gasteiger partial charge < -0.3 is 5.32 Å². The van der Waals surface area contributed by atoms with Crippen LogP contribution in [-0.4, -0.2) is 15.3 Å². The first-order valence-electron chi connectivity index (χ1n) is 9.31. The number of hydrogen-bond acceptors (Lipinski definition) is 3. The molecule has 4 aromatic rings. The van der Waals surface area contributed by atoms with Crippen LogP contribution in [0, 0.1) is 0 Å². The van der Waals surface area contributed by atoms with E-state index in [-0.39, 0.29) is 11.5 Å². The Hall–Kier alpha value is -3.47. The molecule has 1 N–H and O–H groups in total. The van der Waals surface area contributed by atoms with Crippen LogP contribution in [-0.2, 0) is 6.54 Å². The molecule has 2 heterocycles. The summed E-state index contributed by atoms with van der Waals surface area (Å²) in [6.07, 6.45) is 1.55. The van der Waals surface area contributed by atoms with Gasteiger partial charge in [0, 0.05) is 12.7 Å². The van der Waals surface area contributed by atoms with Crippen LogP contribution in [0.4, 0.5) is 0 Å². The van der Waals surface area contributed by atoms with E-state index in [1.54, 1.807) is 30.5 Å². The fourth-order valence-electron chi connectivity index (χ4n) is 3.19. The van der Waals surface area contributed by atoms with Crippen molar-refractivity contribution in [2.45, 2.75) is 26.3 Å². The standard InChI is InChI=1S/C23H21N3O2/c1-15(2)17-9-7-16(8-10-17)13-24-22(27)18-11-12-21-25-20-6-4-3-5-19(20)23(28)26(21)14-18/h3-12,14-15H,13H2,1-2H3,(H,24,27). The van der Waals surface area contributed by atoms with E-state index in [4.69, 9.17) is 0 Å². The molecule has 2 aromatic carbocycles. The topological polar surface area (TPSA) is 63.5 Å². The smallest absolute Gasteiger partial charge is 0.265 e. The van der Waals surface area contributed by atoms with Crippen LogP contribution in [0.15, 0.2) is 71.7 Å². The minimum atomic E-state index is -0.227. The maximum Gasteiger partial charge on any atom is 0.265 e. The summed E-state index contributed by atoms with van der Waals surface area (Å²) in [6, 6.07) is 18.8. The summed E-state index contributed by atoms with van der Waals surface area (Å²) in [5.41, 5.74) is 3.70. The molecule has 5 heteroatoms. The van der Waals surface area contributed by atoms with Crippen molar-refractivity contribution in [1.29, 1.82) is 0 Å². The van der Waals surface area contributed by atoms with Crippen molar-refractivity contribution in [3.63, 3.8) is 0 Å². The third-order valence-corrected chi connectivity index (χ3v) is 4.88. The molecule has 28 heavy (non-hydrogen) atoms. The van der Waals surface area contributed by atoms with Crippen LogP contribution >= 0.6 is 0 Å². The van der Waals surface area contributed by atoms with Gasteiger partial charge in [0.2, 0.25) is 0 Å². The summed E-state index contributed by atoms with van der Waals surface area (Å²) >= 11 is 0. The maximum absolute atomic E-state index is 12.7. The largest absolute Gasteiger partial charge is 0.348 e.